The van der Waals surface area contributed by atoms with Crippen molar-refractivity contribution in [3.63, 3.8) is 0 Å². The average Bonchev–Trinajstić information content (AvgIpc) is 3.11. The van der Waals surface area contributed by atoms with Crippen LogP contribution in [0.4, 0.5) is 0 Å². The van der Waals surface area contributed by atoms with Crippen molar-refractivity contribution in [2.75, 3.05) is 0 Å². The van der Waals surface area contributed by atoms with Crippen LogP contribution in [0, 0.1) is 0 Å². The van der Waals surface area contributed by atoms with Gasteiger partial charge in [-0.2, -0.15) is 0 Å². The maximum Gasteiger partial charge on any atom is 0.328 e. The van der Waals surface area contributed by atoms with Gasteiger partial charge in [-0.3, -0.25) is 4.40 Å². The van der Waals surface area contributed by atoms with E-state index in [2.05, 4.69) is 25.8 Å². The number of carbonyl (C=O) groups is 1. The van der Waals surface area contributed by atoms with Crippen LogP contribution in [0.15, 0.2) is 34.3 Å². The largest absolute Gasteiger partial charge is 0.478 e. The molecule has 0 aliphatic heterocycles. The Hall–Kier alpha value is -2.34. The van der Waals surface area contributed by atoms with Crippen molar-refractivity contribution >= 4 is 28.3 Å². The minimum atomic E-state index is -0.982. The van der Waals surface area contributed by atoms with E-state index in [1.54, 1.807) is 12.3 Å². The van der Waals surface area contributed by atoms with Crippen molar-refractivity contribution in [2.45, 2.75) is 26.2 Å². The summed E-state index contributed by atoms with van der Waals surface area (Å²) in [7, 11) is 0. The Morgan fingerprint density at radius 2 is 2.23 bits per heavy atom. The molecule has 1 N–H and O–H groups in total. The molecule has 0 spiro atoms. The van der Waals surface area contributed by atoms with Crippen molar-refractivity contribution in [1.29, 1.82) is 0 Å². The van der Waals surface area contributed by atoms with Gasteiger partial charge in [-0.15, -0.1) is 11.3 Å². The Labute approximate surface area is 131 Å². The van der Waals surface area contributed by atoms with Crippen LogP contribution in [0.5, 0.6) is 0 Å². The molecule has 3 rings (SSSR count). The maximum absolute atomic E-state index is 10.9. The van der Waals surface area contributed by atoms with Crippen LogP contribution in [0.25, 0.3) is 22.5 Å². The normalized spacial score (nSPS) is 12.5. The SMILES string of the molecule is CC(C)(C)c1nc2scc(-c3ccco3)n2c1/C=C/C(=O)O. The molecule has 0 atom stereocenters. The van der Waals surface area contributed by atoms with E-state index in [4.69, 9.17) is 9.52 Å². The Morgan fingerprint density at radius 1 is 1.45 bits per heavy atom. The molecule has 6 heteroatoms. The van der Waals surface area contributed by atoms with Gasteiger partial charge in [0.05, 0.1) is 17.7 Å². The number of nitrogens with zero attached hydrogens (tertiary/aromatic N) is 2. The number of fused-ring (bicyclic) bond motifs is 1. The molecule has 0 bridgehead atoms. The number of aliphatic carboxylic acids is 1. The highest BCUT2D eigenvalue weighted by molar-refractivity contribution is 7.15. The summed E-state index contributed by atoms with van der Waals surface area (Å²) in [5.74, 6) is -0.251. The molecule has 114 valence electrons. The quantitative estimate of drug-likeness (QED) is 0.740. The van der Waals surface area contributed by atoms with Gasteiger partial charge < -0.3 is 9.52 Å². The third-order valence-electron chi connectivity index (χ3n) is 3.27. The van der Waals surface area contributed by atoms with Crippen LogP contribution in [0.1, 0.15) is 32.2 Å². The zero-order chi connectivity index (χ0) is 15.9. The number of aromatic nitrogens is 2. The molecule has 5 nitrogen and oxygen atoms in total. The maximum atomic E-state index is 10.9. The number of imidazole rings is 1. The summed E-state index contributed by atoms with van der Waals surface area (Å²) in [6, 6.07) is 3.70. The van der Waals surface area contributed by atoms with Gasteiger partial charge in [0, 0.05) is 16.9 Å². The van der Waals surface area contributed by atoms with Crippen molar-refractivity contribution in [3.05, 3.63) is 41.2 Å². The van der Waals surface area contributed by atoms with E-state index in [9.17, 15) is 4.79 Å². The predicted molar refractivity (Wildman–Crippen MR) is 86.1 cm³/mol. The summed E-state index contributed by atoms with van der Waals surface area (Å²) in [5.41, 5.74) is 2.32. The number of hydrogen-bond acceptors (Lipinski definition) is 4. The van der Waals surface area contributed by atoms with Crippen molar-refractivity contribution < 1.29 is 14.3 Å². The highest BCUT2D eigenvalue weighted by Crippen LogP contribution is 2.34. The molecule has 0 radical (unpaired) electrons. The molecule has 0 aliphatic carbocycles. The molecule has 0 unspecified atom stereocenters. The lowest BCUT2D eigenvalue weighted by Crippen LogP contribution is -2.13. The molecule has 3 aromatic heterocycles. The van der Waals surface area contributed by atoms with Gasteiger partial charge >= 0.3 is 5.97 Å². The fourth-order valence-electron chi connectivity index (χ4n) is 2.33. The minimum absolute atomic E-state index is 0.190. The summed E-state index contributed by atoms with van der Waals surface area (Å²) in [4.78, 5) is 16.4. The third kappa shape index (κ3) is 2.46. The van der Waals surface area contributed by atoms with Crippen LogP contribution >= 0.6 is 11.3 Å². The molecule has 22 heavy (non-hydrogen) atoms. The monoisotopic (exact) mass is 316 g/mol. The van der Waals surface area contributed by atoms with E-state index in [0.717, 1.165) is 33.9 Å². The number of thiazole rings is 1. The second-order valence-electron chi connectivity index (χ2n) is 5.98. The van der Waals surface area contributed by atoms with E-state index >= 15 is 0 Å². The number of furan rings is 1. The molecule has 0 saturated heterocycles. The van der Waals surface area contributed by atoms with Gasteiger partial charge in [0.25, 0.3) is 0 Å². The molecule has 3 aromatic rings. The Morgan fingerprint density at radius 3 is 2.82 bits per heavy atom. The summed E-state index contributed by atoms with van der Waals surface area (Å²) >= 11 is 1.51. The fraction of sp³-hybridized carbons (Fsp3) is 0.250. The molecule has 0 aliphatic rings. The first-order valence-corrected chi connectivity index (χ1v) is 7.71. The van der Waals surface area contributed by atoms with E-state index in [-0.39, 0.29) is 5.41 Å². The van der Waals surface area contributed by atoms with E-state index in [1.807, 2.05) is 21.9 Å². The third-order valence-corrected chi connectivity index (χ3v) is 4.09. The van der Waals surface area contributed by atoms with Crippen LogP contribution in [-0.4, -0.2) is 20.5 Å². The van der Waals surface area contributed by atoms with Gasteiger partial charge in [-0.1, -0.05) is 20.8 Å². The Balaban J connectivity index is 2.30. The van der Waals surface area contributed by atoms with Crippen LogP contribution in [0.2, 0.25) is 0 Å². The highest BCUT2D eigenvalue weighted by atomic mass is 32.1. The first-order valence-electron chi connectivity index (χ1n) is 6.83. The first kappa shape index (κ1) is 14.6. The topological polar surface area (TPSA) is 67.7 Å². The fourth-order valence-corrected chi connectivity index (χ4v) is 3.22. The van der Waals surface area contributed by atoms with Crippen molar-refractivity contribution in [1.82, 2.24) is 9.38 Å². The number of hydrogen-bond donors (Lipinski definition) is 1. The summed E-state index contributed by atoms with van der Waals surface area (Å²) in [6.07, 6.45) is 4.36. The Kier molecular flexibility index (Phi) is 3.41. The standard InChI is InChI=1S/C16H16N2O3S/c1-16(2,3)14-10(6-7-13(19)20)18-11(9-22-15(18)17-14)12-5-4-8-21-12/h4-9H,1-3H3,(H,19,20)/b7-6+. The molecule has 0 amide bonds. The number of carboxylic acids is 1. The second kappa shape index (κ2) is 5.14. The second-order valence-corrected chi connectivity index (χ2v) is 6.82. The van der Waals surface area contributed by atoms with Gasteiger partial charge in [0.1, 0.15) is 5.69 Å². The Bertz CT molecular complexity index is 848. The molecular formula is C16H16N2O3S. The summed E-state index contributed by atoms with van der Waals surface area (Å²) < 4.78 is 7.43. The van der Waals surface area contributed by atoms with E-state index in [0.29, 0.717) is 0 Å². The molecule has 0 saturated carbocycles. The van der Waals surface area contributed by atoms with Gasteiger partial charge in [-0.25, -0.2) is 9.78 Å². The lowest BCUT2D eigenvalue weighted by atomic mass is 9.90. The number of rotatable bonds is 3. The zero-order valence-electron chi connectivity index (χ0n) is 12.5. The van der Waals surface area contributed by atoms with Crippen molar-refractivity contribution in [2.24, 2.45) is 0 Å². The van der Waals surface area contributed by atoms with E-state index < -0.39 is 5.97 Å². The predicted octanol–water partition coefficient (Wildman–Crippen LogP) is 4.05. The van der Waals surface area contributed by atoms with Crippen LogP contribution < -0.4 is 0 Å². The van der Waals surface area contributed by atoms with Crippen LogP contribution in [0.3, 0.4) is 0 Å². The highest BCUT2D eigenvalue weighted by Gasteiger charge is 2.25. The molecule has 0 fully saturated rings. The summed E-state index contributed by atoms with van der Waals surface area (Å²) in [6.45, 7) is 6.18. The van der Waals surface area contributed by atoms with Crippen molar-refractivity contribution in [3.8, 4) is 11.5 Å². The van der Waals surface area contributed by atoms with E-state index in [1.165, 1.54) is 11.3 Å². The van der Waals surface area contributed by atoms with Gasteiger partial charge in [0.15, 0.2) is 10.7 Å². The zero-order valence-corrected chi connectivity index (χ0v) is 13.3. The smallest absolute Gasteiger partial charge is 0.328 e. The minimum Gasteiger partial charge on any atom is -0.478 e. The summed E-state index contributed by atoms with van der Waals surface area (Å²) in [5, 5.41) is 10.9. The van der Waals surface area contributed by atoms with Gasteiger partial charge in [-0.05, 0) is 18.2 Å². The van der Waals surface area contributed by atoms with Crippen LogP contribution in [-0.2, 0) is 10.2 Å². The lowest BCUT2D eigenvalue weighted by molar-refractivity contribution is -0.131. The van der Waals surface area contributed by atoms with Gasteiger partial charge in [0.2, 0.25) is 0 Å². The molecule has 3 heterocycles. The first-order chi connectivity index (χ1) is 10.4. The lowest BCUT2D eigenvalue weighted by Gasteiger charge is -2.16. The molecular weight excluding hydrogens is 300 g/mol. The molecule has 0 aromatic carbocycles. The average molecular weight is 316 g/mol. The number of carboxylic acid groups (broad SMARTS) is 1.